The molecule has 85 valence electrons. The second kappa shape index (κ2) is 7.28. The first kappa shape index (κ1) is 14.0. The molecule has 0 bridgehead atoms. The standard InChI is InChI=1S/C13H28N/c1-6-8-10-14(11-9-7-2)12-13(3,4)5/h3,6-12H2,1-2,4-5H3. The van der Waals surface area contributed by atoms with Gasteiger partial charge in [0.05, 0.1) is 0 Å². The van der Waals surface area contributed by atoms with Crippen LogP contribution in [0.1, 0.15) is 53.4 Å². The number of hydrogen-bond donors (Lipinski definition) is 0. The minimum Gasteiger partial charge on any atom is -0.303 e. The summed E-state index contributed by atoms with van der Waals surface area (Å²) in [6.07, 6.45) is 5.22. The maximum absolute atomic E-state index is 4.18. The molecule has 0 amide bonds. The molecule has 0 saturated heterocycles. The normalized spacial score (nSPS) is 12.4. The van der Waals surface area contributed by atoms with Crippen molar-refractivity contribution in [2.24, 2.45) is 5.41 Å². The van der Waals surface area contributed by atoms with Gasteiger partial charge < -0.3 is 4.90 Å². The van der Waals surface area contributed by atoms with Crippen molar-refractivity contribution in [2.75, 3.05) is 19.6 Å². The molecule has 0 heterocycles. The summed E-state index contributed by atoms with van der Waals surface area (Å²) >= 11 is 0. The molecule has 0 aliphatic carbocycles. The van der Waals surface area contributed by atoms with Gasteiger partial charge in [0.25, 0.3) is 0 Å². The second-order valence-corrected chi connectivity index (χ2v) is 5.15. The lowest BCUT2D eigenvalue weighted by atomic mass is 9.96. The molecule has 14 heavy (non-hydrogen) atoms. The molecular formula is C13H28N. The van der Waals surface area contributed by atoms with Crippen LogP contribution in [0.3, 0.4) is 0 Å². The third kappa shape index (κ3) is 8.55. The molecule has 0 atom stereocenters. The fourth-order valence-corrected chi connectivity index (χ4v) is 1.64. The van der Waals surface area contributed by atoms with Crippen molar-refractivity contribution in [3.8, 4) is 0 Å². The van der Waals surface area contributed by atoms with Gasteiger partial charge in [0.15, 0.2) is 0 Å². The zero-order valence-corrected chi connectivity index (χ0v) is 10.6. The van der Waals surface area contributed by atoms with Crippen LogP contribution in [-0.4, -0.2) is 24.5 Å². The lowest BCUT2D eigenvalue weighted by Crippen LogP contribution is -2.34. The number of unbranched alkanes of at least 4 members (excludes halogenated alkanes) is 2. The van der Waals surface area contributed by atoms with Crippen LogP contribution in [0.15, 0.2) is 0 Å². The van der Waals surface area contributed by atoms with E-state index in [0.29, 0.717) is 0 Å². The summed E-state index contributed by atoms with van der Waals surface area (Å²) in [5.41, 5.74) is 0.196. The van der Waals surface area contributed by atoms with E-state index in [1.54, 1.807) is 0 Å². The fraction of sp³-hybridized carbons (Fsp3) is 0.923. The molecule has 0 saturated carbocycles. The van der Waals surface area contributed by atoms with Crippen molar-refractivity contribution in [1.82, 2.24) is 4.90 Å². The van der Waals surface area contributed by atoms with Crippen LogP contribution in [0.5, 0.6) is 0 Å². The summed E-state index contributed by atoms with van der Waals surface area (Å²) in [5, 5.41) is 0. The summed E-state index contributed by atoms with van der Waals surface area (Å²) in [5.74, 6) is 0. The Bertz CT molecular complexity index is 116. The van der Waals surface area contributed by atoms with Crippen LogP contribution < -0.4 is 0 Å². The van der Waals surface area contributed by atoms with E-state index in [1.807, 2.05) is 0 Å². The Balaban J connectivity index is 3.84. The third-order valence-corrected chi connectivity index (χ3v) is 2.31. The maximum Gasteiger partial charge on any atom is 0.00327 e. The highest BCUT2D eigenvalue weighted by atomic mass is 15.1. The van der Waals surface area contributed by atoms with E-state index in [4.69, 9.17) is 0 Å². The maximum atomic E-state index is 4.18. The van der Waals surface area contributed by atoms with Crippen molar-refractivity contribution in [2.45, 2.75) is 53.4 Å². The van der Waals surface area contributed by atoms with Gasteiger partial charge in [0.2, 0.25) is 0 Å². The Kier molecular flexibility index (Phi) is 7.26. The van der Waals surface area contributed by atoms with Gasteiger partial charge in [-0.15, -0.1) is 0 Å². The Morgan fingerprint density at radius 3 is 1.71 bits per heavy atom. The first-order valence-electron chi connectivity index (χ1n) is 6.07. The summed E-state index contributed by atoms with van der Waals surface area (Å²) < 4.78 is 0. The van der Waals surface area contributed by atoms with Gasteiger partial charge in [-0.05, 0) is 38.3 Å². The molecule has 0 spiro atoms. The predicted molar refractivity (Wildman–Crippen MR) is 65.4 cm³/mol. The SMILES string of the molecule is [CH2]C(C)(C)CN(CCCC)CCCC. The van der Waals surface area contributed by atoms with E-state index < -0.39 is 0 Å². The van der Waals surface area contributed by atoms with Crippen molar-refractivity contribution in [3.05, 3.63) is 6.92 Å². The molecule has 0 aliphatic rings. The average molecular weight is 198 g/mol. The molecule has 0 N–H and O–H groups in total. The van der Waals surface area contributed by atoms with Gasteiger partial charge >= 0.3 is 0 Å². The molecule has 0 aromatic rings. The molecular weight excluding hydrogens is 170 g/mol. The molecule has 0 aromatic heterocycles. The minimum absolute atomic E-state index is 0.196. The topological polar surface area (TPSA) is 3.24 Å². The summed E-state index contributed by atoms with van der Waals surface area (Å²) in [7, 11) is 0. The van der Waals surface area contributed by atoms with Crippen LogP contribution in [-0.2, 0) is 0 Å². The molecule has 0 aliphatic heterocycles. The van der Waals surface area contributed by atoms with E-state index in [9.17, 15) is 0 Å². The summed E-state index contributed by atoms with van der Waals surface area (Å²) in [4.78, 5) is 2.57. The largest absolute Gasteiger partial charge is 0.303 e. The van der Waals surface area contributed by atoms with Crippen LogP contribution in [0.2, 0.25) is 0 Å². The van der Waals surface area contributed by atoms with Crippen molar-refractivity contribution < 1.29 is 0 Å². The van der Waals surface area contributed by atoms with E-state index in [2.05, 4.69) is 39.5 Å². The zero-order valence-electron chi connectivity index (χ0n) is 10.6. The molecule has 0 aromatic carbocycles. The van der Waals surface area contributed by atoms with E-state index >= 15 is 0 Å². The van der Waals surface area contributed by atoms with Crippen LogP contribution in [0.25, 0.3) is 0 Å². The molecule has 0 unspecified atom stereocenters. The van der Waals surface area contributed by atoms with Crippen LogP contribution in [0.4, 0.5) is 0 Å². The van der Waals surface area contributed by atoms with Crippen molar-refractivity contribution in [1.29, 1.82) is 0 Å². The number of nitrogens with zero attached hydrogens (tertiary/aromatic N) is 1. The summed E-state index contributed by atoms with van der Waals surface area (Å²) in [6, 6.07) is 0. The Morgan fingerprint density at radius 1 is 1.00 bits per heavy atom. The second-order valence-electron chi connectivity index (χ2n) is 5.15. The Morgan fingerprint density at radius 2 is 1.43 bits per heavy atom. The Labute approximate surface area is 90.9 Å². The van der Waals surface area contributed by atoms with E-state index in [0.717, 1.165) is 6.54 Å². The molecule has 1 radical (unpaired) electrons. The van der Waals surface area contributed by atoms with Crippen molar-refractivity contribution >= 4 is 0 Å². The van der Waals surface area contributed by atoms with E-state index in [1.165, 1.54) is 38.8 Å². The molecule has 0 fully saturated rings. The zero-order chi connectivity index (χ0) is 11.0. The quantitative estimate of drug-likeness (QED) is 0.574. The molecule has 0 rings (SSSR count). The lowest BCUT2D eigenvalue weighted by molar-refractivity contribution is 0.202. The van der Waals surface area contributed by atoms with Gasteiger partial charge in [-0.3, -0.25) is 0 Å². The molecule has 1 heteroatoms. The average Bonchev–Trinajstić information content (AvgIpc) is 2.07. The lowest BCUT2D eigenvalue weighted by Gasteiger charge is -2.29. The summed E-state index contributed by atoms with van der Waals surface area (Å²) in [6.45, 7) is 16.8. The first-order valence-corrected chi connectivity index (χ1v) is 6.07. The van der Waals surface area contributed by atoms with Gasteiger partial charge in [-0.1, -0.05) is 40.5 Å². The van der Waals surface area contributed by atoms with Gasteiger partial charge in [0.1, 0.15) is 0 Å². The highest BCUT2D eigenvalue weighted by molar-refractivity contribution is 4.75. The van der Waals surface area contributed by atoms with Gasteiger partial charge in [-0.2, -0.15) is 0 Å². The van der Waals surface area contributed by atoms with Crippen LogP contribution >= 0.6 is 0 Å². The first-order chi connectivity index (χ1) is 6.49. The van der Waals surface area contributed by atoms with Gasteiger partial charge in [-0.25, -0.2) is 0 Å². The van der Waals surface area contributed by atoms with Gasteiger partial charge in [0, 0.05) is 6.54 Å². The number of rotatable bonds is 8. The Hall–Kier alpha value is -0.0400. The smallest absolute Gasteiger partial charge is 0.00327 e. The highest BCUT2D eigenvalue weighted by Gasteiger charge is 2.15. The molecule has 1 nitrogen and oxygen atoms in total. The van der Waals surface area contributed by atoms with Crippen LogP contribution in [0, 0.1) is 12.3 Å². The monoisotopic (exact) mass is 198 g/mol. The number of hydrogen-bond acceptors (Lipinski definition) is 1. The third-order valence-electron chi connectivity index (χ3n) is 2.31. The predicted octanol–water partition coefficient (Wildman–Crippen LogP) is 3.75. The fourth-order valence-electron chi connectivity index (χ4n) is 1.64. The highest BCUT2D eigenvalue weighted by Crippen LogP contribution is 2.15. The minimum atomic E-state index is 0.196. The van der Waals surface area contributed by atoms with Crippen molar-refractivity contribution in [3.63, 3.8) is 0 Å². The van der Waals surface area contributed by atoms with E-state index in [-0.39, 0.29) is 5.41 Å².